The normalized spacial score (nSPS) is 12.0. The quantitative estimate of drug-likeness (QED) is 0.244. The number of allylic oxidation sites excluding steroid dienone is 1. The highest BCUT2D eigenvalue weighted by Gasteiger charge is 2.25. The molecule has 1 aliphatic carbocycles. The molecule has 196 valence electrons. The third-order valence-electron chi connectivity index (χ3n) is 5.68. The van der Waals surface area contributed by atoms with Crippen molar-refractivity contribution in [3.8, 4) is 0 Å². The van der Waals surface area contributed by atoms with E-state index < -0.39 is 22.0 Å². The van der Waals surface area contributed by atoms with Crippen LogP contribution in [0.15, 0.2) is 59.6 Å². The van der Waals surface area contributed by atoms with E-state index in [1.165, 1.54) is 38.6 Å². The number of ether oxygens (including phenoxy) is 2. The molecule has 0 spiro atoms. The van der Waals surface area contributed by atoms with Gasteiger partial charge in [-0.1, -0.05) is 53.1 Å². The molecule has 0 bridgehead atoms. The Balaban J connectivity index is 0.000000204. The topological polar surface area (TPSA) is 117 Å². The minimum absolute atomic E-state index is 0.0772. The first kappa shape index (κ1) is 27.3. The number of fused-ring (bicyclic) bond motifs is 2. The van der Waals surface area contributed by atoms with Crippen molar-refractivity contribution in [3.05, 3.63) is 93.1 Å². The number of aromatic nitrogens is 3. The number of carbonyl (C=O) groups excluding carboxylic acids is 2. The number of nitrogens with zero attached hydrogens (tertiary/aromatic N) is 3. The lowest BCUT2D eigenvalue weighted by molar-refractivity contribution is 0.0585. The minimum Gasteiger partial charge on any atom is -0.464 e. The van der Waals surface area contributed by atoms with Gasteiger partial charge in [0.05, 0.1) is 24.6 Å². The van der Waals surface area contributed by atoms with Gasteiger partial charge in [-0.3, -0.25) is 0 Å². The van der Waals surface area contributed by atoms with Crippen LogP contribution < -0.4 is 0 Å². The number of esters is 2. The van der Waals surface area contributed by atoms with Gasteiger partial charge in [0.25, 0.3) is 10.0 Å². The molecule has 0 N–H and O–H groups in total. The van der Waals surface area contributed by atoms with E-state index in [2.05, 4.69) is 19.4 Å². The van der Waals surface area contributed by atoms with Crippen molar-refractivity contribution in [1.82, 2.24) is 13.9 Å². The van der Waals surface area contributed by atoms with E-state index in [9.17, 15) is 18.0 Å². The Morgan fingerprint density at radius 1 is 0.921 bits per heavy atom. The highest BCUT2D eigenvalue weighted by molar-refractivity contribution is 7.90. The molecule has 4 aromatic rings. The molecule has 0 radical (unpaired) electrons. The maximum Gasteiger partial charge on any atom is 0.358 e. The first-order valence-electron chi connectivity index (χ1n) is 11.1. The van der Waals surface area contributed by atoms with Crippen LogP contribution >= 0.6 is 23.2 Å². The number of benzene rings is 1. The third kappa shape index (κ3) is 5.28. The summed E-state index contributed by atoms with van der Waals surface area (Å²) in [5.41, 5.74) is 3.08. The molecule has 0 aliphatic heterocycles. The van der Waals surface area contributed by atoms with Gasteiger partial charge in [-0.25, -0.2) is 31.9 Å². The number of halogens is 2. The van der Waals surface area contributed by atoms with Crippen molar-refractivity contribution in [3.63, 3.8) is 0 Å². The average molecular weight is 574 g/mol. The summed E-state index contributed by atoms with van der Waals surface area (Å²) < 4.78 is 36.2. The Hall–Kier alpha value is -3.73. The number of rotatable bonds is 4. The summed E-state index contributed by atoms with van der Waals surface area (Å²) in [6, 6.07) is 11.2. The van der Waals surface area contributed by atoms with Crippen LogP contribution in [0.2, 0.25) is 10.3 Å². The van der Waals surface area contributed by atoms with Gasteiger partial charge in [-0.05, 0) is 54.8 Å². The minimum atomic E-state index is -3.89. The van der Waals surface area contributed by atoms with Gasteiger partial charge in [0.15, 0.2) is 11.4 Å². The Bertz CT molecular complexity index is 1700. The summed E-state index contributed by atoms with van der Waals surface area (Å²) in [6.45, 7) is 1.86. The molecule has 1 aliphatic rings. The average Bonchev–Trinajstić information content (AvgIpc) is 3.54. The number of methoxy groups -OCH3 is 2. The van der Waals surface area contributed by atoms with Crippen LogP contribution in [0.3, 0.4) is 0 Å². The van der Waals surface area contributed by atoms with Crippen LogP contribution in [0.25, 0.3) is 17.0 Å². The second-order valence-electron chi connectivity index (χ2n) is 8.11. The lowest BCUT2D eigenvalue weighted by Gasteiger charge is -2.10. The number of aryl methyl sites for hydroxylation is 1. The van der Waals surface area contributed by atoms with Crippen LogP contribution in [0, 0.1) is 6.92 Å². The molecule has 1 aromatic carbocycles. The van der Waals surface area contributed by atoms with E-state index in [1.807, 2.05) is 19.1 Å². The standard InChI is InChI=1S/C16H13ClN2O4S.C10H8ClNO2/c1-10-3-5-12(6-4-10)24(21,22)19-8-7-11-9-13(17)18-14(15(11)19)16(20)23-2;1-14-10(13)9-7-4-2-3-6(7)5-8(11)12-9/h3-9H,1-2H3;2-3,5H,4H2,1H3. The van der Waals surface area contributed by atoms with Crippen LogP contribution in [0.1, 0.15) is 37.7 Å². The molecule has 0 saturated carbocycles. The SMILES string of the molecule is COC(=O)c1nc(Cl)cc2c1CC=C2.COC(=O)c1nc(Cl)cc2ccn(S(=O)(=O)c3ccc(C)cc3)c12. The zero-order valence-electron chi connectivity index (χ0n) is 20.4. The summed E-state index contributed by atoms with van der Waals surface area (Å²) in [5.74, 6) is -1.20. The highest BCUT2D eigenvalue weighted by atomic mass is 35.5. The number of pyridine rings is 2. The first-order chi connectivity index (χ1) is 18.1. The van der Waals surface area contributed by atoms with Gasteiger partial charge in [-0.15, -0.1) is 0 Å². The van der Waals surface area contributed by atoms with Crippen LogP contribution in [0.4, 0.5) is 0 Å². The maximum absolute atomic E-state index is 12.9. The number of hydrogen-bond donors (Lipinski definition) is 0. The van der Waals surface area contributed by atoms with Crippen molar-refractivity contribution in [2.45, 2.75) is 18.2 Å². The van der Waals surface area contributed by atoms with Gasteiger partial charge in [-0.2, -0.15) is 0 Å². The molecule has 0 unspecified atom stereocenters. The van der Waals surface area contributed by atoms with Crippen molar-refractivity contribution in [1.29, 1.82) is 0 Å². The smallest absolute Gasteiger partial charge is 0.358 e. The summed E-state index contributed by atoms with van der Waals surface area (Å²) in [4.78, 5) is 31.3. The second-order valence-corrected chi connectivity index (χ2v) is 10.7. The lowest BCUT2D eigenvalue weighted by Crippen LogP contribution is -2.15. The van der Waals surface area contributed by atoms with E-state index in [0.29, 0.717) is 22.7 Å². The molecule has 9 nitrogen and oxygen atoms in total. The number of carbonyl (C=O) groups is 2. The Morgan fingerprint density at radius 2 is 1.53 bits per heavy atom. The van der Waals surface area contributed by atoms with Crippen LogP contribution in [-0.2, 0) is 25.9 Å². The Kier molecular flexibility index (Phi) is 7.86. The monoisotopic (exact) mass is 573 g/mol. The fourth-order valence-corrected chi connectivity index (χ4v) is 5.63. The van der Waals surface area contributed by atoms with Gasteiger partial charge >= 0.3 is 11.9 Å². The van der Waals surface area contributed by atoms with E-state index in [-0.39, 0.29) is 21.3 Å². The third-order valence-corrected chi connectivity index (χ3v) is 7.76. The zero-order valence-corrected chi connectivity index (χ0v) is 22.8. The largest absolute Gasteiger partial charge is 0.464 e. The van der Waals surface area contributed by atoms with Crippen LogP contribution in [0.5, 0.6) is 0 Å². The fourth-order valence-electron chi connectivity index (χ4n) is 3.86. The zero-order chi connectivity index (χ0) is 27.6. The van der Waals surface area contributed by atoms with E-state index >= 15 is 0 Å². The molecule has 3 heterocycles. The Labute approximate surface area is 228 Å². The summed E-state index contributed by atoms with van der Waals surface area (Å²) in [5, 5.41) is 0.871. The van der Waals surface area contributed by atoms with Crippen molar-refractivity contribution in [2.75, 3.05) is 14.2 Å². The highest BCUT2D eigenvalue weighted by Crippen LogP contribution is 2.27. The molecule has 3 aromatic heterocycles. The molecule has 0 saturated heterocycles. The fraction of sp³-hybridized carbons (Fsp3) is 0.154. The summed E-state index contributed by atoms with van der Waals surface area (Å²) in [6.07, 6.45) is 5.97. The molecular weight excluding hydrogens is 553 g/mol. The van der Waals surface area contributed by atoms with Crippen molar-refractivity contribution < 1.29 is 27.5 Å². The molecule has 12 heteroatoms. The summed E-state index contributed by atoms with van der Waals surface area (Å²) in [7, 11) is -1.36. The maximum atomic E-state index is 12.9. The van der Waals surface area contributed by atoms with E-state index in [0.717, 1.165) is 20.7 Å². The van der Waals surface area contributed by atoms with Crippen molar-refractivity contribution >= 4 is 62.1 Å². The molecule has 5 rings (SSSR count). The second kappa shape index (κ2) is 10.9. The van der Waals surface area contributed by atoms with E-state index in [1.54, 1.807) is 24.3 Å². The summed E-state index contributed by atoms with van der Waals surface area (Å²) >= 11 is 11.7. The number of hydrogen-bond acceptors (Lipinski definition) is 8. The lowest BCUT2D eigenvalue weighted by atomic mass is 10.1. The molecular formula is C26H21Cl2N3O6S. The molecule has 38 heavy (non-hydrogen) atoms. The Morgan fingerprint density at radius 3 is 2.18 bits per heavy atom. The molecule has 0 fully saturated rings. The van der Waals surface area contributed by atoms with Gasteiger partial charge in [0.1, 0.15) is 10.3 Å². The van der Waals surface area contributed by atoms with Crippen LogP contribution in [-0.4, -0.2) is 48.5 Å². The van der Waals surface area contributed by atoms with E-state index in [4.69, 9.17) is 23.2 Å². The van der Waals surface area contributed by atoms with Gasteiger partial charge in [0, 0.05) is 11.6 Å². The predicted octanol–water partition coefficient (Wildman–Crippen LogP) is 5.11. The molecule has 0 amide bonds. The van der Waals surface area contributed by atoms with Crippen molar-refractivity contribution in [2.24, 2.45) is 0 Å². The predicted molar refractivity (Wildman–Crippen MR) is 143 cm³/mol. The van der Waals surface area contributed by atoms with Gasteiger partial charge in [0.2, 0.25) is 0 Å². The van der Waals surface area contributed by atoms with Gasteiger partial charge < -0.3 is 9.47 Å². The molecule has 0 atom stereocenters. The first-order valence-corrected chi connectivity index (χ1v) is 13.3.